The molecular weight excluding hydrogens is 426 g/mol. The SMILES string of the molecule is CCN(Cc1ccccc1)C(=O)CN1C(=O)N(c2cc(C)cc(C)c2)[C@H]2CS(=O)(=O)C[C@@H]21. The molecule has 2 heterocycles. The fourth-order valence-corrected chi connectivity index (χ4v) is 6.73. The van der Waals surface area contributed by atoms with Crippen LogP contribution >= 0.6 is 0 Å². The lowest BCUT2D eigenvalue weighted by molar-refractivity contribution is -0.132. The third-order valence-electron chi connectivity index (χ3n) is 6.22. The van der Waals surface area contributed by atoms with Crippen molar-refractivity contribution in [2.24, 2.45) is 0 Å². The predicted molar refractivity (Wildman–Crippen MR) is 124 cm³/mol. The van der Waals surface area contributed by atoms with Gasteiger partial charge in [0, 0.05) is 18.8 Å². The van der Waals surface area contributed by atoms with Crippen molar-refractivity contribution in [1.29, 1.82) is 0 Å². The van der Waals surface area contributed by atoms with Gasteiger partial charge in [-0.1, -0.05) is 36.4 Å². The molecule has 8 heteroatoms. The first-order valence-corrected chi connectivity index (χ1v) is 12.7. The summed E-state index contributed by atoms with van der Waals surface area (Å²) in [6.45, 7) is 6.62. The summed E-state index contributed by atoms with van der Waals surface area (Å²) in [6.07, 6.45) is 0. The Hall–Kier alpha value is -2.87. The monoisotopic (exact) mass is 455 g/mol. The van der Waals surface area contributed by atoms with Crippen molar-refractivity contribution in [3.8, 4) is 0 Å². The van der Waals surface area contributed by atoms with Crippen LogP contribution in [0, 0.1) is 13.8 Å². The van der Waals surface area contributed by atoms with Gasteiger partial charge in [-0.05, 0) is 49.6 Å². The van der Waals surface area contributed by atoms with Crippen molar-refractivity contribution in [3.05, 3.63) is 65.2 Å². The van der Waals surface area contributed by atoms with E-state index in [0.29, 0.717) is 18.8 Å². The Bertz CT molecular complexity index is 1110. The molecule has 0 radical (unpaired) electrons. The number of hydrogen-bond acceptors (Lipinski definition) is 4. The first-order chi connectivity index (χ1) is 15.2. The van der Waals surface area contributed by atoms with E-state index in [-0.39, 0.29) is 30.0 Å². The fraction of sp³-hybridized carbons (Fsp3) is 0.417. The Morgan fingerprint density at radius 1 is 1.03 bits per heavy atom. The molecule has 3 amide bonds. The number of fused-ring (bicyclic) bond motifs is 1. The van der Waals surface area contributed by atoms with E-state index in [0.717, 1.165) is 16.7 Å². The highest BCUT2D eigenvalue weighted by molar-refractivity contribution is 7.91. The van der Waals surface area contributed by atoms with Gasteiger partial charge in [-0.25, -0.2) is 13.2 Å². The normalized spacial score (nSPS) is 21.7. The molecule has 2 aromatic rings. The van der Waals surface area contributed by atoms with Crippen LogP contribution in [-0.4, -0.2) is 66.8 Å². The summed E-state index contributed by atoms with van der Waals surface area (Å²) >= 11 is 0. The number of urea groups is 1. The zero-order valence-corrected chi connectivity index (χ0v) is 19.5. The first-order valence-electron chi connectivity index (χ1n) is 10.9. The molecule has 0 aliphatic carbocycles. The second-order valence-corrected chi connectivity index (χ2v) is 10.9. The van der Waals surface area contributed by atoms with E-state index in [2.05, 4.69) is 0 Å². The lowest BCUT2D eigenvalue weighted by Crippen LogP contribution is -2.45. The maximum Gasteiger partial charge on any atom is 0.325 e. The quantitative estimate of drug-likeness (QED) is 0.628. The van der Waals surface area contributed by atoms with Gasteiger partial charge in [-0.3, -0.25) is 9.69 Å². The molecule has 2 atom stereocenters. The van der Waals surface area contributed by atoms with Crippen LogP contribution in [0.2, 0.25) is 0 Å². The number of sulfone groups is 1. The molecule has 4 rings (SSSR count). The summed E-state index contributed by atoms with van der Waals surface area (Å²) in [5, 5.41) is 0. The van der Waals surface area contributed by atoms with Crippen molar-refractivity contribution in [2.45, 2.75) is 39.4 Å². The molecule has 2 aliphatic heterocycles. The molecule has 7 nitrogen and oxygen atoms in total. The highest BCUT2D eigenvalue weighted by Gasteiger charge is 2.54. The van der Waals surface area contributed by atoms with Gasteiger partial charge in [-0.15, -0.1) is 0 Å². The summed E-state index contributed by atoms with van der Waals surface area (Å²) in [5.74, 6) is -0.374. The molecular formula is C24H29N3O4S. The Morgan fingerprint density at radius 3 is 2.28 bits per heavy atom. The molecule has 2 fully saturated rings. The van der Waals surface area contributed by atoms with Crippen molar-refractivity contribution in [1.82, 2.24) is 9.80 Å². The Kier molecular flexibility index (Phi) is 5.99. The van der Waals surface area contributed by atoms with E-state index in [1.54, 1.807) is 9.80 Å². The highest BCUT2D eigenvalue weighted by Crippen LogP contribution is 2.35. The molecule has 0 N–H and O–H groups in total. The maximum atomic E-state index is 13.4. The average Bonchev–Trinajstić information content (AvgIpc) is 3.16. The predicted octanol–water partition coefficient (Wildman–Crippen LogP) is 2.76. The van der Waals surface area contributed by atoms with Gasteiger partial charge in [0.05, 0.1) is 23.6 Å². The minimum Gasteiger partial charge on any atom is -0.337 e. The molecule has 170 valence electrons. The molecule has 0 saturated carbocycles. The van der Waals surface area contributed by atoms with E-state index in [4.69, 9.17) is 0 Å². The maximum absolute atomic E-state index is 13.4. The molecule has 0 spiro atoms. The van der Waals surface area contributed by atoms with E-state index in [1.807, 2.05) is 69.3 Å². The van der Waals surface area contributed by atoms with Crippen LogP contribution in [0.25, 0.3) is 0 Å². The number of anilines is 1. The smallest absolute Gasteiger partial charge is 0.325 e. The van der Waals surface area contributed by atoms with Crippen molar-refractivity contribution in [3.63, 3.8) is 0 Å². The number of carbonyl (C=O) groups is 2. The number of nitrogens with zero attached hydrogens (tertiary/aromatic N) is 3. The van der Waals surface area contributed by atoms with Gasteiger partial charge >= 0.3 is 6.03 Å². The summed E-state index contributed by atoms with van der Waals surface area (Å²) in [5.41, 5.74) is 3.69. The van der Waals surface area contributed by atoms with Crippen LogP contribution in [0.15, 0.2) is 48.5 Å². The lowest BCUT2D eigenvalue weighted by atomic mass is 10.1. The second kappa shape index (κ2) is 8.58. The van der Waals surface area contributed by atoms with Crippen LogP contribution in [0.4, 0.5) is 10.5 Å². The summed E-state index contributed by atoms with van der Waals surface area (Å²) in [4.78, 5) is 31.3. The molecule has 2 aliphatic rings. The zero-order valence-electron chi connectivity index (χ0n) is 18.7. The van der Waals surface area contributed by atoms with E-state index < -0.39 is 21.9 Å². The van der Waals surface area contributed by atoms with Crippen LogP contribution in [0.5, 0.6) is 0 Å². The topological polar surface area (TPSA) is 78.0 Å². The third-order valence-corrected chi connectivity index (χ3v) is 7.92. The first kappa shape index (κ1) is 22.3. The number of carbonyl (C=O) groups excluding carboxylic acids is 2. The number of hydrogen-bond donors (Lipinski definition) is 0. The molecule has 0 unspecified atom stereocenters. The summed E-state index contributed by atoms with van der Waals surface area (Å²) in [7, 11) is -3.29. The largest absolute Gasteiger partial charge is 0.337 e. The fourth-order valence-electron chi connectivity index (χ4n) is 4.78. The van der Waals surface area contributed by atoms with Gasteiger partial charge in [-0.2, -0.15) is 0 Å². The molecule has 2 aromatic carbocycles. The van der Waals surface area contributed by atoms with Crippen LogP contribution < -0.4 is 4.90 Å². The van der Waals surface area contributed by atoms with Gasteiger partial charge in [0.2, 0.25) is 5.91 Å². The van der Waals surface area contributed by atoms with Crippen LogP contribution in [0.3, 0.4) is 0 Å². The molecule has 0 aromatic heterocycles. The van der Waals surface area contributed by atoms with E-state index in [1.165, 1.54) is 4.90 Å². The molecule has 0 bridgehead atoms. The van der Waals surface area contributed by atoms with Gasteiger partial charge in [0.1, 0.15) is 6.54 Å². The Balaban J connectivity index is 1.60. The number of aryl methyl sites for hydroxylation is 2. The number of benzene rings is 2. The standard InChI is InChI=1S/C24H29N3O4S/c1-4-25(13-19-8-6-5-7-9-19)23(28)14-26-21-15-32(30,31)16-22(21)27(24(26)29)20-11-17(2)10-18(3)12-20/h5-12,21-22H,4,13-16H2,1-3H3/t21-,22-/m0/s1. The van der Waals surface area contributed by atoms with Crippen molar-refractivity contribution >= 4 is 27.5 Å². The van der Waals surface area contributed by atoms with Gasteiger partial charge in [0.25, 0.3) is 0 Å². The number of rotatable bonds is 6. The minimum absolute atomic E-state index is 0.0808. The Labute approximate surface area is 189 Å². The van der Waals surface area contributed by atoms with Crippen molar-refractivity contribution < 1.29 is 18.0 Å². The molecule has 2 saturated heterocycles. The number of likely N-dealkylation sites (N-methyl/N-ethyl adjacent to an activating group) is 1. The zero-order chi connectivity index (χ0) is 23.0. The third kappa shape index (κ3) is 4.37. The lowest BCUT2D eigenvalue weighted by Gasteiger charge is -2.26. The average molecular weight is 456 g/mol. The van der Waals surface area contributed by atoms with E-state index >= 15 is 0 Å². The van der Waals surface area contributed by atoms with Gasteiger partial charge in [0.15, 0.2) is 9.84 Å². The van der Waals surface area contributed by atoms with E-state index in [9.17, 15) is 18.0 Å². The summed E-state index contributed by atoms with van der Waals surface area (Å²) < 4.78 is 24.9. The highest BCUT2D eigenvalue weighted by atomic mass is 32.2. The van der Waals surface area contributed by atoms with Crippen LogP contribution in [-0.2, 0) is 21.2 Å². The summed E-state index contributed by atoms with van der Waals surface area (Å²) in [6, 6.07) is 14.2. The Morgan fingerprint density at radius 2 is 1.66 bits per heavy atom. The molecule has 32 heavy (non-hydrogen) atoms. The van der Waals surface area contributed by atoms with Gasteiger partial charge < -0.3 is 9.80 Å². The van der Waals surface area contributed by atoms with Crippen LogP contribution in [0.1, 0.15) is 23.6 Å². The van der Waals surface area contributed by atoms with Crippen molar-refractivity contribution in [2.75, 3.05) is 29.5 Å². The second-order valence-electron chi connectivity index (χ2n) is 8.73. The number of amides is 3. The minimum atomic E-state index is -3.29.